The molecule has 0 saturated heterocycles. The smallest absolute Gasteiger partial charge is 0.330 e. The second kappa shape index (κ2) is 6.66. The van der Waals surface area contributed by atoms with Crippen LogP contribution >= 0.6 is 0 Å². The summed E-state index contributed by atoms with van der Waals surface area (Å²) in [7, 11) is 0. The molecule has 3 nitrogen and oxygen atoms in total. The highest BCUT2D eigenvalue weighted by atomic mass is 16.4. The maximum atomic E-state index is 12.3. The third kappa shape index (κ3) is 3.89. The van der Waals surface area contributed by atoms with Gasteiger partial charge in [0.05, 0.1) is 0 Å². The largest absolute Gasteiger partial charge is 0.478 e. The van der Waals surface area contributed by atoms with E-state index in [2.05, 4.69) is 0 Å². The Labute approximate surface area is 123 Å². The summed E-state index contributed by atoms with van der Waals surface area (Å²) in [5.41, 5.74) is 2.47. The molecule has 21 heavy (non-hydrogen) atoms. The van der Waals surface area contributed by atoms with Crippen LogP contribution in [-0.4, -0.2) is 16.9 Å². The van der Waals surface area contributed by atoms with Gasteiger partial charge in [0, 0.05) is 16.7 Å². The average Bonchev–Trinajstić information content (AvgIpc) is 2.53. The molecular weight excluding hydrogens is 264 g/mol. The summed E-state index contributed by atoms with van der Waals surface area (Å²) in [6, 6.07) is 16.4. The summed E-state index contributed by atoms with van der Waals surface area (Å²) in [6.45, 7) is 1.56. The van der Waals surface area contributed by atoms with Crippen molar-refractivity contribution >= 4 is 11.8 Å². The van der Waals surface area contributed by atoms with Gasteiger partial charge >= 0.3 is 5.97 Å². The lowest BCUT2D eigenvalue weighted by atomic mass is 10.00. The van der Waals surface area contributed by atoms with Gasteiger partial charge in [-0.1, -0.05) is 54.6 Å². The van der Waals surface area contributed by atoms with E-state index in [1.165, 1.54) is 0 Å². The summed E-state index contributed by atoms with van der Waals surface area (Å²) in [6.07, 6.45) is 2.14. The lowest BCUT2D eigenvalue weighted by molar-refractivity contribution is -0.132. The fraction of sp³-hybridized carbons (Fsp3) is 0.111. The van der Waals surface area contributed by atoms with E-state index in [0.29, 0.717) is 23.1 Å². The topological polar surface area (TPSA) is 54.4 Å². The molecule has 0 aromatic heterocycles. The second-order valence-electron chi connectivity index (χ2n) is 4.79. The molecule has 2 aromatic rings. The number of carbonyl (C=O) groups is 2. The maximum Gasteiger partial charge on any atom is 0.330 e. The van der Waals surface area contributed by atoms with Gasteiger partial charge in [0.1, 0.15) is 0 Å². The first-order valence-electron chi connectivity index (χ1n) is 6.66. The van der Waals surface area contributed by atoms with Crippen molar-refractivity contribution in [1.29, 1.82) is 0 Å². The monoisotopic (exact) mass is 280 g/mol. The molecule has 3 heteroatoms. The standard InChI is InChI=1S/C18H16O3/c1-13(18(20)21)10-11-14-6-5-9-16(12-14)17(19)15-7-3-2-4-8-15/h2-10,12H,11H2,1H3,(H,20,21). The zero-order valence-electron chi connectivity index (χ0n) is 11.7. The van der Waals surface area contributed by atoms with E-state index in [9.17, 15) is 9.59 Å². The van der Waals surface area contributed by atoms with Crippen molar-refractivity contribution in [2.75, 3.05) is 0 Å². The van der Waals surface area contributed by atoms with Gasteiger partial charge in [-0.05, 0) is 25.0 Å². The summed E-state index contributed by atoms with van der Waals surface area (Å²) in [4.78, 5) is 23.1. The minimum Gasteiger partial charge on any atom is -0.478 e. The number of hydrogen-bond donors (Lipinski definition) is 1. The van der Waals surface area contributed by atoms with Crippen molar-refractivity contribution in [3.05, 3.63) is 82.9 Å². The molecule has 0 fully saturated rings. The molecule has 0 saturated carbocycles. The number of allylic oxidation sites excluding steroid dienone is 1. The fourth-order valence-electron chi connectivity index (χ4n) is 1.95. The van der Waals surface area contributed by atoms with Crippen LogP contribution in [0.2, 0.25) is 0 Å². The Kier molecular flexibility index (Phi) is 4.67. The van der Waals surface area contributed by atoms with E-state index in [4.69, 9.17) is 5.11 Å². The number of ketones is 1. The third-order valence-corrected chi connectivity index (χ3v) is 3.21. The van der Waals surface area contributed by atoms with E-state index in [1.54, 1.807) is 37.3 Å². The minimum absolute atomic E-state index is 0.0311. The van der Waals surface area contributed by atoms with Crippen LogP contribution in [0.4, 0.5) is 0 Å². The van der Waals surface area contributed by atoms with Crippen LogP contribution in [0.3, 0.4) is 0 Å². The molecule has 0 unspecified atom stereocenters. The lowest BCUT2D eigenvalue weighted by Crippen LogP contribution is -2.02. The summed E-state index contributed by atoms with van der Waals surface area (Å²) < 4.78 is 0. The predicted molar refractivity (Wildman–Crippen MR) is 81.4 cm³/mol. The molecule has 2 rings (SSSR count). The first-order valence-corrected chi connectivity index (χ1v) is 6.66. The zero-order valence-corrected chi connectivity index (χ0v) is 11.7. The van der Waals surface area contributed by atoms with Crippen LogP contribution in [0, 0.1) is 0 Å². The first kappa shape index (κ1) is 14.7. The molecule has 0 radical (unpaired) electrons. The normalized spacial score (nSPS) is 11.2. The summed E-state index contributed by atoms with van der Waals surface area (Å²) in [5, 5.41) is 8.83. The average molecular weight is 280 g/mol. The van der Waals surface area contributed by atoms with Crippen LogP contribution < -0.4 is 0 Å². The molecule has 0 atom stereocenters. The Morgan fingerprint density at radius 2 is 1.67 bits per heavy atom. The summed E-state index contributed by atoms with van der Waals surface area (Å²) >= 11 is 0. The van der Waals surface area contributed by atoms with E-state index in [1.807, 2.05) is 30.3 Å². The van der Waals surface area contributed by atoms with Gasteiger partial charge in [0.15, 0.2) is 5.78 Å². The first-order chi connectivity index (χ1) is 10.1. The fourth-order valence-corrected chi connectivity index (χ4v) is 1.95. The highest BCUT2D eigenvalue weighted by Gasteiger charge is 2.08. The molecular formula is C18H16O3. The molecule has 0 spiro atoms. The van der Waals surface area contributed by atoms with E-state index >= 15 is 0 Å². The zero-order chi connectivity index (χ0) is 15.2. The van der Waals surface area contributed by atoms with E-state index < -0.39 is 5.97 Å². The Morgan fingerprint density at radius 1 is 1.00 bits per heavy atom. The Morgan fingerprint density at radius 3 is 2.33 bits per heavy atom. The number of aliphatic carboxylic acids is 1. The molecule has 0 heterocycles. The van der Waals surface area contributed by atoms with Crippen molar-refractivity contribution in [3.63, 3.8) is 0 Å². The van der Waals surface area contributed by atoms with Gasteiger partial charge in [-0.2, -0.15) is 0 Å². The summed E-state index contributed by atoms with van der Waals surface area (Å²) in [5.74, 6) is -0.956. The van der Waals surface area contributed by atoms with Crippen LogP contribution in [0.5, 0.6) is 0 Å². The third-order valence-electron chi connectivity index (χ3n) is 3.21. The van der Waals surface area contributed by atoms with Crippen LogP contribution in [0.15, 0.2) is 66.2 Å². The highest BCUT2D eigenvalue weighted by Crippen LogP contribution is 2.13. The molecule has 0 aliphatic rings. The highest BCUT2D eigenvalue weighted by molar-refractivity contribution is 6.09. The van der Waals surface area contributed by atoms with E-state index in [-0.39, 0.29) is 5.78 Å². The van der Waals surface area contributed by atoms with Crippen molar-refractivity contribution in [3.8, 4) is 0 Å². The Hall–Kier alpha value is -2.68. The number of hydrogen-bond acceptors (Lipinski definition) is 2. The van der Waals surface area contributed by atoms with Crippen LogP contribution in [0.1, 0.15) is 28.4 Å². The SMILES string of the molecule is CC(=CCc1cccc(C(=O)c2ccccc2)c1)C(=O)O. The quantitative estimate of drug-likeness (QED) is 0.673. The molecule has 106 valence electrons. The number of carboxylic acids is 1. The van der Waals surface area contributed by atoms with Gasteiger partial charge in [-0.25, -0.2) is 4.79 Å². The number of carboxylic acid groups (broad SMARTS) is 1. The molecule has 2 aromatic carbocycles. The predicted octanol–water partition coefficient (Wildman–Crippen LogP) is 3.49. The molecule has 1 N–H and O–H groups in total. The van der Waals surface area contributed by atoms with Gasteiger partial charge < -0.3 is 5.11 Å². The van der Waals surface area contributed by atoms with Crippen LogP contribution in [-0.2, 0) is 11.2 Å². The van der Waals surface area contributed by atoms with Crippen molar-refractivity contribution < 1.29 is 14.7 Å². The minimum atomic E-state index is -0.925. The van der Waals surface area contributed by atoms with Crippen LogP contribution in [0.25, 0.3) is 0 Å². The number of benzene rings is 2. The van der Waals surface area contributed by atoms with Crippen molar-refractivity contribution in [2.45, 2.75) is 13.3 Å². The number of carbonyl (C=O) groups excluding carboxylic acids is 1. The van der Waals surface area contributed by atoms with Gasteiger partial charge in [-0.3, -0.25) is 4.79 Å². The Balaban J connectivity index is 2.20. The maximum absolute atomic E-state index is 12.3. The van der Waals surface area contributed by atoms with Crippen molar-refractivity contribution in [2.24, 2.45) is 0 Å². The molecule has 0 aliphatic carbocycles. The van der Waals surface area contributed by atoms with E-state index in [0.717, 1.165) is 5.56 Å². The van der Waals surface area contributed by atoms with Gasteiger partial charge in [-0.15, -0.1) is 0 Å². The molecule has 0 aliphatic heterocycles. The number of rotatable bonds is 5. The van der Waals surface area contributed by atoms with Gasteiger partial charge in [0.25, 0.3) is 0 Å². The molecule has 0 amide bonds. The second-order valence-corrected chi connectivity index (χ2v) is 4.79. The van der Waals surface area contributed by atoms with Gasteiger partial charge in [0.2, 0.25) is 0 Å². The molecule has 0 bridgehead atoms. The lowest BCUT2D eigenvalue weighted by Gasteiger charge is -2.04. The van der Waals surface area contributed by atoms with Crippen molar-refractivity contribution in [1.82, 2.24) is 0 Å². The Bertz CT molecular complexity index is 685.